The maximum atomic E-state index is 10.0. The number of carboxylic acid groups (broad SMARTS) is 1. The minimum absolute atomic E-state index is 0.227. The number of rotatable bonds is 1. The fraction of sp³-hybridized carbons (Fsp3) is 0.444. The van der Waals surface area contributed by atoms with Gasteiger partial charge in [-0.15, -0.1) is 0 Å². The van der Waals surface area contributed by atoms with Crippen LogP contribution in [0.1, 0.15) is 10.5 Å². The van der Waals surface area contributed by atoms with E-state index in [1.165, 1.54) is 6.07 Å². The van der Waals surface area contributed by atoms with Crippen LogP contribution in [0, 0.1) is 0 Å². The number of carbonyl (C=O) groups is 1. The molecular formula is C9H13NO4. The fourth-order valence-corrected chi connectivity index (χ4v) is 0.903. The molecule has 78 valence electrons. The molecule has 0 amide bonds. The predicted octanol–water partition coefficient (Wildman–Crippen LogP) is 0.746. The zero-order chi connectivity index (χ0) is 10.2. The first-order valence-corrected chi connectivity index (χ1v) is 4.33. The highest BCUT2D eigenvalue weighted by Gasteiger charge is 1.98. The van der Waals surface area contributed by atoms with Crippen LogP contribution in [0.15, 0.2) is 18.3 Å². The van der Waals surface area contributed by atoms with E-state index in [4.69, 9.17) is 14.6 Å². The number of nitrogens with one attached hydrogen (secondary N) is 1. The molecule has 0 radical (unpaired) electrons. The van der Waals surface area contributed by atoms with E-state index in [1.807, 2.05) is 0 Å². The lowest BCUT2D eigenvalue weighted by Crippen LogP contribution is -2.16. The minimum Gasteiger partial charge on any atom is -0.477 e. The van der Waals surface area contributed by atoms with Gasteiger partial charge in [0.25, 0.3) is 0 Å². The normalized spacial score (nSPS) is 15.4. The number of hydrogen-bond donors (Lipinski definition) is 2. The van der Waals surface area contributed by atoms with Gasteiger partial charge in [-0.3, -0.25) is 0 Å². The van der Waals surface area contributed by atoms with E-state index in [0.29, 0.717) is 0 Å². The molecule has 0 atom stereocenters. The Bertz CT molecular complexity index is 242. The summed E-state index contributed by atoms with van der Waals surface area (Å²) in [6.45, 7) is 3.11. The van der Waals surface area contributed by atoms with Crippen LogP contribution in [0.5, 0.6) is 0 Å². The van der Waals surface area contributed by atoms with Crippen LogP contribution in [0.25, 0.3) is 0 Å². The highest BCUT2D eigenvalue weighted by molar-refractivity contribution is 5.85. The first kappa shape index (κ1) is 10.7. The van der Waals surface area contributed by atoms with Crippen LogP contribution >= 0.6 is 0 Å². The van der Waals surface area contributed by atoms with Crippen molar-refractivity contribution >= 4 is 5.97 Å². The molecule has 1 aromatic heterocycles. The SMILES string of the molecule is C1COCCO1.O=C(O)c1ccc[nH]1. The Labute approximate surface area is 81.6 Å². The van der Waals surface area contributed by atoms with Crippen molar-refractivity contribution in [2.45, 2.75) is 0 Å². The molecule has 0 unspecified atom stereocenters. The second-order valence-electron chi connectivity index (χ2n) is 2.61. The number of aromatic nitrogens is 1. The molecule has 0 aliphatic carbocycles. The maximum Gasteiger partial charge on any atom is 0.352 e. The topological polar surface area (TPSA) is 71.6 Å². The lowest BCUT2D eigenvalue weighted by molar-refractivity contribution is -0.0334. The molecule has 2 N–H and O–H groups in total. The molecule has 2 rings (SSSR count). The summed E-state index contributed by atoms with van der Waals surface area (Å²) in [5.74, 6) is -0.921. The number of aromatic carboxylic acids is 1. The Morgan fingerprint density at radius 3 is 2.07 bits per heavy atom. The van der Waals surface area contributed by atoms with Gasteiger partial charge in [0, 0.05) is 6.20 Å². The van der Waals surface area contributed by atoms with E-state index in [-0.39, 0.29) is 5.69 Å². The molecule has 5 heteroatoms. The van der Waals surface area contributed by atoms with Gasteiger partial charge in [0.15, 0.2) is 0 Å². The number of hydrogen-bond acceptors (Lipinski definition) is 3. The van der Waals surface area contributed by atoms with E-state index < -0.39 is 5.97 Å². The largest absolute Gasteiger partial charge is 0.477 e. The Morgan fingerprint density at radius 2 is 1.86 bits per heavy atom. The quantitative estimate of drug-likeness (QED) is 0.700. The van der Waals surface area contributed by atoms with Gasteiger partial charge < -0.3 is 19.6 Å². The van der Waals surface area contributed by atoms with Gasteiger partial charge in [0.05, 0.1) is 26.4 Å². The first-order chi connectivity index (χ1) is 6.80. The molecule has 5 nitrogen and oxygen atoms in total. The highest BCUT2D eigenvalue weighted by atomic mass is 16.6. The van der Waals surface area contributed by atoms with Crippen LogP contribution in [0.2, 0.25) is 0 Å². The fourth-order valence-electron chi connectivity index (χ4n) is 0.903. The van der Waals surface area contributed by atoms with Gasteiger partial charge in [-0.2, -0.15) is 0 Å². The van der Waals surface area contributed by atoms with E-state index in [1.54, 1.807) is 12.3 Å². The van der Waals surface area contributed by atoms with Crippen molar-refractivity contribution in [1.82, 2.24) is 4.98 Å². The summed E-state index contributed by atoms with van der Waals surface area (Å²) in [7, 11) is 0. The van der Waals surface area contributed by atoms with E-state index in [9.17, 15) is 4.79 Å². The molecule has 1 aliphatic heterocycles. The van der Waals surface area contributed by atoms with Crippen molar-refractivity contribution < 1.29 is 19.4 Å². The second kappa shape index (κ2) is 6.17. The van der Waals surface area contributed by atoms with E-state index in [0.717, 1.165) is 26.4 Å². The van der Waals surface area contributed by atoms with Crippen LogP contribution in [0.4, 0.5) is 0 Å². The van der Waals surface area contributed by atoms with Gasteiger partial charge in [0.2, 0.25) is 0 Å². The molecule has 0 saturated carbocycles. The highest BCUT2D eigenvalue weighted by Crippen LogP contribution is 1.91. The Kier molecular flexibility index (Phi) is 4.74. The lowest BCUT2D eigenvalue weighted by atomic mass is 10.4. The van der Waals surface area contributed by atoms with Gasteiger partial charge in [-0.1, -0.05) is 0 Å². The molecule has 0 aromatic carbocycles. The van der Waals surface area contributed by atoms with Gasteiger partial charge >= 0.3 is 5.97 Å². The van der Waals surface area contributed by atoms with E-state index >= 15 is 0 Å². The molecule has 2 heterocycles. The monoisotopic (exact) mass is 199 g/mol. The van der Waals surface area contributed by atoms with Crippen molar-refractivity contribution in [3.05, 3.63) is 24.0 Å². The third kappa shape index (κ3) is 4.06. The van der Waals surface area contributed by atoms with E-state index in [2.05, 4.69) is 4.98 Å². The number of carboxylic acids is 1. The van der Waals surface area contributed by atoms with Crippen molar-refractivity contribution in [1.29, 1.82) is 0 Å². The summed E-state index contributed by atoms with van der Waals surface area (Å²) in [5, 5.41) is 8.24. The molecule has 0 bridgehead atoms. The summed E-state index contributed by atoms with van der Waals surface area (Å²) in [6.07, 6.45) is 1.57. The Balaban J connectivity index is 0.000000146. The molecule has 1 fully saturated rings. The summed E-state index contributed by atoms with van der Waals surface area (Å²) in [6, 6.07) is 3.14. The summed E-state index contributed by atoms with van der Waals surface area (Å²) in [4.78, 5) is 12.6. The maximum absolute atomic E-state index is 10.0. The second-order valence-corrected chi connectivity index (χ2v) is 2.61. The van der Waals surface area contributed by atoms with Crippen LogP contribution in [-0.2, 0) is 9.47 Å². The van der Waals surface area contributed by atoms with Crippen molar-refractivity contribution in [3.63, 3.8) is 0 Å². The summed E-state index contributed by atoms with van der Waals surface area (Å²) < 4.78 is 9.89. The average Bonchev–Trinajstić information content (AvgIpc) is 2.74. The zero-order valence-corrected chi connectivity index (χ0v) is 7.73. The molecule has 1 saturated heterocycles. The van der Waals surface area contributed by atoms with Gasteiger partial charge in [0.1, 0.15) is 5.69 Å². The Hall–Kier alpha value is -1.33. The number of ether oxygens (including phenoxy) is 2. The van der Waals surface area contributed by atoms with Crippen molar-refractivity contribution in [3.8, 4) is 0 Å². The van der Waals surface area contributed by atoms with Crippen molar-refractivity contribution in [2.24, 2.45) is 0 Å². The van der Waals surface area contributed by atoms with Crippen LogP contribution < -0.4 is 0 Å². The van der Waals surface area contributed by atoms with Crippen LogP contribution in [-0.4, -0.2) is 42.5 Å². The third-order valence-corrected chi connectivity index (χ3v) is 1.57. The molecule has 0 spiro atoms. The lowest BCUT2D eigenvalue weighted by Gasteiger charge is -2.09. The minimum atomic E-state index is -0.921. The molecular weight excluding hydrogens is 186 g/mol. The third-order valence-electron chi connectivity index (χ3n) is 1.57. The zero-order valence-electron chi connectivity index (χ0n) is 7.73. The standard InChI is InChI=1S/C5H5NO2.C4H8O2/c7-5(8)4-2-1-3-6-4;1-2-6-4-3-5-1/h1-3,6H,(H,7,8);1-4H2. The molecule has 1 aliphatic rings. The summed E-state index contributed by atoms with van der Waals surface area (Å²) in [5.41, 5.74) is 0.227. The first-order valence-electron chi connectivity index (χ1n) is 4.33. The summed E-state index contributed by atoms with van der Waals surface area (Å²) >= 11 is 0. The molecule has 14 heavy (non-hydrogen) atoms. The average molecular weight is 199 g/mol. The van der Waals surface area contributed by atoms with Crippen molar-refractivity contribution in [2.75, 3.05) is 26.4 Å². The number of aromatic amines is 1. The Morgan fingerprint density at radius 1 is 1.29 bits per heavy atom. The smallest absolute Gasteiger partial charge is 0.352 e. The van der Waals surface area contributed by atoms with Gasteiger partial charge in [-0.05, 0) is 12.1 Å². The van der Waals surface area contributed by atoms with Crippen LogP contribution in [0.3, 0.4) is 0 Å². The number of H-pyrrole nitrogens is 1. The molecule has 1 aromatic rings. The van der Waals surface area contributed by atoms with Gasteiger partial charge in [-0.25, -0.2) is 4.79 Å². The predicted molar refractivity (Wildman–Crippen MR) is 49.4 cm³/mol.